The van der Waals surface area contributed by atoms with E-state index in [0.717, 1.165) is 5.56 Å². The molecule has 9 heteroatoms. The zero-order chi connectivity index (χ0) is 21.1. The molecule has 0 aromatic heterocycles. The van der Waals surface area contributed by atoms with E-state index in [1.165, 1.54) is 12.1 Å². The van der Waals surface area contributed by atoms with Crippen molar-refractivity contribution in [1.29, 1.82) is 0 Å². The zero-order valence-corrected chi connectivity index (χ0v) is 19.4. The molecule has 2 aromatic rings. The molecule has 0 bridgehead atoms. The number of ether oxygens (including phenoxy) is 2. The molecule has 0 spiro atoms. The molecule has 0 saturated carbocycles. The molecule has 0 saturated heterocycles. The molecule has 0 fully saturated rings. The maximum Gasteiger partial charge on any atom is 0.224 e. The second-order valence-electron chi connectivity index (χ2n) is 6.07. The lowest BCUT2D eigenvalue weighted by Gasteiger charge is -2.14. The lowest BCUT2D eigenvalue weighted by Crippen LogP contribution is -2.29. The van der Waals surface area contributed by atoms with Gasteiger partial charge >= 0.3 is 0 Å². The van der Waals surface area contributed by atoms with Gasteiger partial charge in [0.2, 0.25) is 5.91 Å². The van der Waals surface area contributed by atoms with E-state index in [-0.39, 0.29) is 48.1 Å². The number of carbonyl (C=O) groups is 1. The van der Waals surface area contributed by atoms with Crippen molar-refractivity contribution in [2.45, 2.75) is 20.3 Å². The first kappa shape index (κ1) is 25.5. The fourth-order valence-corrected chi connectivity index (χ4v) is 2.54. The number of anilines is 1. The van der Waals surface area contributed by atoms with Gasteiger partial charge in [0.05, 0.1) is 31.9 Å². The minimum absolute atomic E-state index is 0. The Morgan fingerprint density at radius 2 is 1.80 bits per heavy atom. The number of halogens is 2. The highest BCUT2D eigenvalue weighted by Gasteiger charge is 2.07. The van der Waals surface area contributed by atoms with E-state index in [2.05, 4.69) is 15.6 Å². The quantitative estimate of drug-likeness (QED) is 0.190. The van der Waals surface area contributed by atoms with Crippen LogP contribution < -0.4 is 25.8 Å². The lowest BCUT2D eigenvalue weighted by molar-refractivity contribution is -0.120. The normalized spacial score (nSPS) is 10.7. The highest BCUT2D eigenvalue weighted by atomic mass is 127. The highest BCUT2D eigenvalue weighted by Crippen LogP contribution is 2.29. The van der Waals surface area contributed by atoms with Gasteiger partial charge in [0, 0.05) is 12.6 Å². The van der Waals surface area contributed by atoms with Gasteiger partial charge < -0.3 is 25.8 Å². The van der Waals surface area contributed by atoms with Crippen LogP contribution in [0.4, 0.5) is 10.1 Å². The number of hydrogen-bond donors (Lipinski definition) is 3. The first-order valence-electron chi connectivity index (χ1n) is 9.49. The maximum atomic E-state index is 12.9. The molecule has 1 amide bonds. The third-order valence-electron chi connectivity index (χ3n) is 3.82. The van der Waals surface area contributed by atoms with E-state index < -0.39 is 0 Å². The smallest absolute Gasteiger partial charge is 0.224 e. The molecule has 7 nitrogen and oxygen atoms in total. The van der Waals surface area contributed by atoms with Crippen LogP contribution in [0.25, 0.3) is 0 Å². The Labute approximate surface area is 193 Å². The molecule has 0 radical (unpaired) electrons. The number of amides is 1. The second kappa shape index (κ2) is 13.6. The summed E-state index contributed by atoms with van der Waals surface area (Å²) in [5.74, 6) is 1.04. The number of nitrogens with two attached hydrogens (primary N) is 1. The van der Waals surface area contributed by atoms with E-state index in [9.17, 15) is 9.18 Å². The predicted molar refractivity (Wildman–Crippen MR) is 127 cm³/mol. The molecule has 2 aromatic carbocycles. The van der Waals surface area contributed by atoms with Gasteiger partial charge in [-0.3, -0.25) is 9.79 Å². The molecule has 0 aliphatic rings. The first-order valence-corrected chi connectivity index (χ1v) is 9.49. The average Bonchev–Trinajstić information content (AvgIpc) is 2.69. The van der Waals surface area contributed by atoms with E-state index >= 15 is 0 Å². The van der Waals surface area contributed by atoms with Gasteiger partial charge in [-0.25, -0.2) is 4.39 Å². The average molecular weight is 530 g/mol. The number of benzene rings is 2. The molecule has 2 rings (SSSR count). The van der Waals surface area contributed by atoms with Crippen LogP contribution in [0.3, 0.4) is 0 Å². The highest BCUT2D eigenvalue weighted by molar-refractivity contribution is 14.0. The summed E-state index contributed by atoms with van der Waals surface area (Å²) in [6.45, 7) is 5.51. The van der Waals surface area contributed by atoms with Crippen LogP contribution in [0.2, 0.25) is 0 Å². The molecule has 0 aliphatic carbocycles. The number of nitrogens with zero attached hydrogens (tertiary/aromatic N) is 1. The van der Waals surface area contributed by atoms with E-state index in [0.29, 0.717) is 43.5 Å². The number of nitrogens with one attached hydrogen (secondary N) is 2. The standard InChI is InChI=1S/C21H27FN4O3.HI/c1-3-28-17-9-10-19(29-4-2)18(14-17)26-21(23)25-12-11-24-20(27)13-15-5-7-16(22)8-6-15;/h5-10,14H,3-4,11-13H2,1-2H3,(H,24,27)(H3,23,25,26);1H. The minimum Gasteiger partial charge on any atom is -0.494 e. The molecule has 30 heavy (non-hydrogen) atoms. The Balaban J connectivity index is 0.00000450. The van der Waals surface area contributed by atoms with Crippen LogP contribution in [-0.4, -0.2) is 38.2 Å². The molecule has 164 valence electrons. The summed E-state index contributed by atoms with van der Waals surface area (Å²) in [7, 11) is 0. The molecule has 0 heterocycles. The van der Waals surface area contributed by atoms with Crippen molar-refractivity contribution < 1.29 is 18.7 Å². The van der Waals surface area contributed by atoms with Crippen LogP contribution in [0, 0.1) is 5.82 Å². The van der Waals surface area contributed by atoms with E-state index in [1.54, 1.807) is 24.3 Å². The topological polar surface area (TPSA) is 98.0 Å². The molecular weight excluding hydrogens is 502 g/mol. The van der Waals surface area contributed by atoms with Crippen molar-refractivity contribution in [2.24, 2.45) is 10.7 Å². The molecule has 0 aliphatic heterocycles. The van der Waals surface area contributed by atoms with Crippen molar-refractivity contribution in [3.63, 3.8) is 0 Å². The summed E-state index contributed by atoms with van der Waals surface area (Å²) in [5, 5.41) is 5.76. The summed E-state index contributed by atoms with van der Waals surface area (Å²) in [5.41, 5.74) is 7.34. The predicted octanol–water partition coefficient (Wildman–Crippen LogP) is 3.33. The van der Waals surface area contributed by atoms with Gasteiger partial charge in [0.25, 0.3) is 0 Å². The van der Waals surface area contributed by atoms with Gasteiger partial charge in [0.1, 0.15) is 17.3 Å². The number of hydrogen-bond acceptors (Lipinski definition) is 4. The zero-order valence-electron chi connectivity index (χ0n) is 17.1. The number of carbonyl (C=O) groups excluding carboxylic acids is 1. The summed E-state index contributed by atoms with van der Waals surface area (Å²) in [4.78, 5) is 16.1. The van der Waals surface area contributed by atoms with Crippen molar-refractivity contribution in [1.82, 2.24) is 5.32 Å². The second-order valence-corrected chi connectivity index (χ2v) is 6.07. The van der Waals surface area contributed by atoms with E-state index in [4.69, 9.17) is 15.2 Å². The van der Waals surface area contributed by atoms with Crippen LogP contribution in [0.5, 0.6) is 11.5 Å². The van der Waals surface area contributed by atoms with Gasteiger partial charge in [-0.15, -0.1) is 24.0 Å². The Morgan fingerprint density at radius 1 is 1.10 bits per heavy atom. The molecule has 0 unspecified atom stereocenters. The van der Waals surface area contributed by atoms with Gasteiger partial charge in [-0.2, -0.15) is 0 Å². The molecule has 0 atom stereocenters. The van der Waals surface area contributed by atoms with Crippen LogP contribution in [-0.2, 0) is 11.2 Å². The largest absolute Gasteiger partial charge is 0.494 e. The Bertz CT molecular complexity index is 832. The van der Waals surface area contributed by atoms with Crippen molar-refractivity contribution in [3.8, 4) is 11.5 Å². The SMILES string of the molecule is CCOc1ccc(OCC)c(NC(N)=NCCNC(=O)Cc2ccc(F)cc2)c1.I. The minimum atomic E-state index is -0.328. The number of guanidine groups is 1. The maximum absolute atomic E-state index is 12.9. The van der Waals surface area contributed by atoms with Crippen LogP contribution >= 0.6 is 24.0 Å². The van der Waals surface area contributed by atoms with Crippen molar-refractivity contribution in [3.05, 3.63) is 53.8 Å². The first-order chi connectivity index (χ1) is 14.0. The summed E-state index contributed by atoms with van der Waals surface area (Å²) in [6.07, 6.45) is 0.180. The van der Waals surface area contributed by atoms with Gasteiger partial charge in [-0.05, 0) is 43.7 Å². The van der Waals surface area contributed by atoms with Crippen LogP contribution in [0.1, 0.15) is 19.4 Å². The van der Waals surface area contributed by atoms with Crippen LogP contribution in [0.15, 0.2) is 47.5 Å². The van der Waals surface area contributed by atoms with E-state index in [1.807, 2.05) is 19.9 Å². The monoisotopic (exact) mass is 530 g/mol. The van der Waals surface area contributed by atoms with Gasteiger partial charge in [0.15, 0.2) is 5.96 Å². The third-order valence-corrected chi connectivity index (χ3v) is 3.82. The summed E-state index contributed by atoms with van der Waals surface area (Å²) >= 11 is 0. The Morgan fingerprint density at radius 3 is 2.47 bits per heavy atom. The Kier molecular flexibility index (Phi) is 11.6. The third kappa shape index (κ3) is 8.85. The molecule has 4 N–H and O–H groups in total. The van der Waals surface area contributed by atoms with Gasteiger partial charge in [-0.1, -0.05) is 12.1 Å². The summed E-state index contributed by atoms with van der Waals surface area (Å²) < 4.78 is 24.0. The summed E-state index contributed by atoms with van der Waals surface area (Å²) in [6, 6.07) is 11.3. The molecular formula is C21H28FIN4O3. The Hall–Kier alpha value is -2.56. The van der Waals surface area contributed by atoms with Crippen molar-refractivity contribution in [2.75, 3.05) is 31.6 Å². The fourth-order valence-electron chi connectivity index (χ4n) is 2.54. The fraction of sp³-hybridized carbons (Fsp3) is 0.333. The number of rotatable bonds is 10. The number of aliphatic imine (C=N–C) groups is 1. The van der Waals surface area contributed by atoms with Crippen molar-refractivity contribution >= 4 is 41.5 Å². The lowest BCUT2D eigenvalue weighted by atomic mass is 10.1.